The molecule has 7 rings (SSSR count). The summed E-state index contributed by atoms with van der Waals surface area (Å²) in [7, 11) is -1.14. The molecular weight excluding hydrogens is 440 g/mol. The van der Waals surface area contributed by atoms with Gasteiger partial charge in [0.2, 0.25) is 22.7 Å². The number of fused-ring (bicyclic) bond motifs is 1. The normalized spacial score (nSPS) is 33.4. The maximum absolute atomic E-state index is 13.7. The first-order chi connectivity index (χ1) is 15.7. The molecule has 1 aromatic heterocycles. The molecule has 0 spiro atoms. The highest BCUT2D eigenvalue weighted by Gasteiger charge is 2.61. The van der Waals surface area contributed by atoms with Crippen molar-refractivity contribution in [1.29, 1.82) is 0 Å². The van der Waals surface area contributed by atoms with Gasteiger partial charge in [0, 0.05) is 30.1 Å². The Kier molecular flexibility index (Phi) is 4.44. The van der Waals surface area contributed by atoms with Gasteiger partial charge in [-0.3, -0.25) is 13.9 Å². The van der Waals surface area contributed by atoms with Gasteiger partial charge in [0.05, 0.1) is 11.2 Å². The monoisotopic (exact) mass is 470 g/mol. The number of thiol groups is 1. The number of nitrogens with zero attached hydrogens (tertiary/aromatic N) is 2. The number of hydrogen-bond donors (Lipinski definition) is 3. The Morgan fingerprint density at radius 2 is 1.82 bits per heavy atom. The molecule has 2 aromatic rings. The maximum Gasteiger partial charge on any atom is 0.247 e. The molecule has 1 aromatic carbocycles. The third-order valence-corrected chi connectivity index (χ3v) is 9.84. The van der Waals surface area contributed by atoms with E-state index in [0.717, 1.165) is 43.0 Å². The standard InChI is InChI=1S/C24H30N4O4S/c1-27-8-5-15-3-2-4-18(20(15)27)28(33(31)32)24(6-7-24)22(30)26-19-16-9-14-10-17(19)13-23(11-14,12-16)21(25)29/h2-5,8,14,16-17,19,33H,6-7,9-13H2,1H3,(H2,25,29)(H,26,30). The van der Waals surface area contributed by atoms with Gasteiger partial charge in [-0.05, 0) is 74.8 Å². The zero-order valence-electron chi connectivity index (χ0n) is 18.7. The minimum Gasteiger partial charge on any atom is -0.369 e. The first-order valence-electron chi connectivity index (χ1n) is 11.8. The van der Waals surface area contributed by atoms with Crippen LogP contribution in [0.3, 0.4) is 0 Å². The van der Waals surface area contributed by atoms with Gasteiger partial charge in [-0.2, -0.15) is 0 Å². The molecule has 5 saturated carbocycles. The lowest BCUT2D eigenvalue weighted by Gasteiger charge is -2.59. The minimum absolute atomic E-state index is 0.0174. The summed E-state index contributed by atoms with van der Waals surface area (Å²) in [6.45, 7) is 0. The van der Waals surface area contributed by atoms with E-state index in [4.69, 9.17) is 5.73 Å². The molecule has 2 atom stereocenters. The smallest absolute Gasteiger partial charge is 0.247 e. The number of anilines is 1. The van der Waals surface area contributed by atoms with Gasteiger partial charge in [0.15, 0.2) is 0 Å². The van der Waals surface area contributed by atoms with Gasteiger partial charge >= 0.3 is 0 Å². The van der Waals surface area contributed by atoms with Crippen LogP contribution in [0.2, 0.25) is 0 Å². The number of nitrogens with one attached hydrogen (secondary N) is 1. The van der Waals surface area contributed by atoms with E-state index in [1.807, 2.05) is 36.0 Å². The van der Waals surface area contributed by atoms with Crippen molar-refractivity contribution in [2.24, 2.45) is 36.0 Å². The van der Waals surface area contributed by atoms with E-state index in [9.17, 15) is 18.0 Å². The van der Waals surface area contributed by atoms with E-state index in [1.165, 1.54) is 4.31 Å². The average molecular weight is 471 g/mol. The molecule has 5 aliphatic carbocycles. The van der Waals surface area contributed by atoms with Crippen molar-refractivity contribution in [3.8, 4) is 0 Å². The van der Waals surface area contributed by atoms with Crippen LogP contribution in [0.25, 0.3) is 10.9 Å². The van der Waals surface area contributed by atoms with Crippen molar-refractivity contribution in [2.45, 2.75) is 56.5 Å². The number of para-hydroxylation sites is 1. The molecule has 2 amide bonds. The molecule has 5 aliphatic rings. The number of nitrogens with two attached hydrogens (primary N) is 1. The molecule has 9 heteroatoms. The number of carbonyl (C=O) groups excluding carboxylic acids is 2. The predicted molar refractivity (Wildman–Crippen MR) is 125 cm³/mol. The summed E-state index contributed by atoms with van der Waals surface area (Å²) in [5, 5.41) is 4.21. The molecule has 3 N–H and O–H groups in total. The second kappa shape index (κ2) is 6.98. The summed E-state index contributed by atoms with van der Waals surface area (Å²) in [5.74, 6) is 0.554. The van der Waals surface area contributed by atoms with Crippen molar-refractivity contribution in [3.63, 3.8) is 0 Å². The van der Waals surface area contributed by atoms with Gasteiger partial charge in [-0.15, -0.1) is 0 Å². The molecular formula is C24H30N4O4S. The van der Waals surface area contributed by atoms with E-state index in [1.54, 1.807) is 6.07 Å². The number of benzene rings is 1. The average Bonchev–Trinajstić information content (AvgIpc) is 3.46. The summed E-state index contributed by atoms with van der Waals surface area (Å²) in [5.41, 5.74) is 5.65. The third-order valence-electron chi connectivity index (χ3n) is 8.91. The Hall–Kier alpha value is -2.55. The summed E-state index contributed by atoms with van der Waals surface area (Å²) >= 11 is 0. The second-order valence-corrected chi connectivity index (χ2v) is 11.7. The summed E-state index contributed by atoms with van der Waals surface area (Å²) in [6, 6.07) is 7.48. The number of aryl methyl sites for hydroxylation is 1. The molecule has 0 saturated heterocycles. The number of hydrogen-bond acceptors (Lipinski definition) is 4. The Labute approximate surface area is 194 Å². The highest BCUT2D eigenvalue weighted by Crippen LogP contribution is 2.60. The number of primary amides is 1. The maximum atomic E-state index is 13.7. The molecule has 2 unspecified atom stereocenters. The van der Waals surface area contributed by atoms with E-state index < -0.39 is 21.8 Å². The lowest BCUT2D eigenvalue weighted by Crippen LogP contribution is -2.64. The quantitative estimate of drug-likeness (QED) is 0.559. The number of rotatable bonds is 6. The highest BCUT2D eigenvalue weighted by atomic mass is 32.2. The molecule has 4 bridgehead atoms. The van der Waals surface area contributed by atoms with E-state index in [-0.39, 0.29) is 29.7 Å². The fraction of sp³-hybridized carbons (Fsp3) is 0.583. The first-order valence-corrected chi connectivity index (χ1v) is 13.0. The van der Waals surface area contributed by atoms with Gasteiger partial charge in [-0.1, -0.05) is 12.1 Å². The van der Waals surface area contributed by atoms with Gasteiger partial charge < -0.3 is 15.6 Å². The molecule has 176 valence electrons. The highest BCUT2D eigenvalue weighted by molar-refractivity contribution is 7.74. The SMILES string of the molecule is Cn1ccc2cccc(N([SH](=O)=O)C3(C(=O)NC4C5CC6CC4CC(C(N)=O)(C6)C5)CC3)c21. The van der Waals surface area contributed by atoms with Crippen LogP contribution >= 0.6 is 0 Å². The Bertz CT molecular complexity index is 1220. The zero-order valence-corrected chi connectivity index (χ0v) is 19.6. The summed E-state index contributed by atoms with van der Waals surface area (Å²) < 4.78 is 28.3. The van der Waals surface area contributed by atoms with Gasteiger partial charge in [0.1, 0.15) is 5.54 Å². The topological polar surface area (TPSA) is 114 Å². The van der Waals surface area contributed by atoms with Crippen LogP contribution in [0.1, 0.15) is 44.9 Å². The molecule has 5 fully saturated rings. The van der Waals surface area contributed by atoms with Crippen LogP contribution in [-0.4, -0.2) is 36.4 Å². The van der Waals surface area contributed by atoms with E-state index >= 15 is 0 Å². The fourth-order valence-corrected chi connectivity index (χ4v) is 8.42. The Balaban J connectivity index is 1.31. The van der Waals surface area contributed by atoms with Crippen LogP contribution in [-0.2, 0) is 27.5 Å². The molecule has 33 heavy (non-hydrogen) atoms. The second-order valence-electron chi connectivity index (χ2n) is 10.8. The number of aromatic nitrogens is 1. The molecule has 0 radical (unpaired) electrons. The van der Waals surface area contributed by atoms with Crippen LogP contribution < -0.4 is 15.4 Å². The van der Waals surface area contributed by atoms with Crippen LogP contribution in [0.4, 0.5) is 5.69 Å². The van der Waals surface area contributed by atoms with Crippen LogP contribution in [0.15, 0.2) is 30.5 Å². The van der Waals surface area contributed by atoms with Crippen molar-refractivity contribution in [2.75, 3.05) is 4.31 Å². The predicted octanol–water partition coefficient (Wildman–Crippen LogP) is 1.84. The fourth-order valence-electron chi connectivity index (χ4n) is 7.48. The summed E-state index contributed by atoms with van der Waals surface area (Å²) in [4.78, 5) is 25.9. The summed E-state index contributed by atoms with van der Waals surface area (Å²) in [6.07, 6.45) is 7.25. The van der Waals surface area contributed by atoms with E-state index in [0.29, 0.717) is 24.4 Å². The van der Waals surface area contributed by atoms with Crippen LogP contribution in [0, 0.1) is 23.2 Å². The molecule has 8 nitrogen and oxygen atoms in total. The Morgan fingerprint density at radius 1 is 1.12 bits per heavy atom. The third kappa shape index (κ3) is 2.97. The van der Waals surface area contributed by atoms with Crippen LogP contribution in [0.5, 0.6) is 0 Å². The lowest BCUT2D eigenvalue weighted by molar-refractivity contribution is -0.147. The van der Waals surface area contributed by atoms with Crippen molar-refractivity contribution in [3.05, 3.63) is 30.5 Å². The lowest BCUT2D eigenvalue weighted by atomic mass is 9.47. The van der Waals surface area contributed by atoms with Gasteiger partial charge in [-0.25, -0.2) is 8.42 Å². The van der Waals surface area contributed by atoms with E-state index in [2.05, 4.69) is 5.32 Å². The van der Waals surface area contributed by atoms with Crippen molar-refractivity contribution >= 4 is 39.3 Å². The molecule has 0 aliphatic heterocycles. The van der Waals surface area contributed by atoms with Gasteiger partial charge in [0.25, 0.3) is 0 Å². The molecule has 1 heterocycles. The largest absolute Gasteiger partial charge is 0.369 e. The first kappa shape index (κ1) is 21.0. The minimum atomic E-state index is -3.02. The Morgan fingerprint density at radius 3 is 2.42 bits per heavy atom. The number of carbonyl (C=O) groups is 2. The number of amides is 2. The van der Waals surface area contributed by atoms with Crippen molar-refractivity contribution in [1.82, 2.24) is 9.88 Å². The van der Waals surface area contributed by atoms with Crippen molar-refractivity contribution < 1.29 is 18.0 Å². The zero-order chi connectivity index (χ0) is 23.1.